The third kappa shape index (κ3) is 7.26. The number of anilines is 1. The van der Waals surface area contributed by atoms with E-state index >= 15 is 0 Å². The lowest BCUT2D eigenvalue weighted by atomic mass is 10.0. The van der Waals surface area contributed by atoms with Gasteiger partial charge in [-0.15, -0.1) is 0 Å². The molecule has 1 aliphatic carbocycles. The number of rotatable bonds is 8. The van der Waals surface area contributed by atoms with Crippen molar-refractivity contribution in [3.63, 3.8) is 0 Å². The van der Waals surface area contributed by atoms with Crippen molar-refractivity contribution in [2.75, 3.05) is 25.4 Å². The normalized spacial score (nSPS) is 15.9. The molecular formula is C22H32N4O4. The van der Waals surface area contributed by atoms with Gasteiger partial charge in [0.2, 0.25) is 0 Å². The van der Waals surface area contributed by atoms with Crippen LogP contribution in [0.5, 0.6) is 0 Å². The van der Waals surface area contributed by atoms with Crippen LogP contribution in [0.1, 0.15) is 62.5 Å². The Morgan fingerprint density at radius 2 is 1.67 bits per heavy atom. The van der Waals surface area contributed by atoms with E-state index in [1.54, 1.807) is 0 Å². The van der Waals surface area contributed by atoms with Gasteiger partial charge < -0.3 is 20.8 Å². The first-order valence-electron chi connectivity index (χ1n) is 10.5. The number of carbonyl (C=O) groups is 2. The minimum atomic E-state index is -1.26. The van der Waals surface area contributed by atoms with Crippen molar-refractivity contribution < 1.29 is 19.8 Å². The molecule has 0 bridgehead atoms. The molecule has 30 heavy (non-hydrogen) atoms. The van der Waals surface area contributed by atoms with Gasteiger partial charge in [0.05, 0.1) is 5.69 Å². The number of carboxylic acid groups (broad SMARTS) is 2. The maximum Gasteiger partial charge on any atom is 0.328 e. The smallest absolute Gasteiger partial charge is 0.328 e. The lowest BCUT2D eigenvalue weighted by molar-refractivity contribution is -0.134. The van der Waals surface area contributed by atoms with E-state index in [2.05, 4.69) is 21.8 Å². The van der Waals surface area contributed by atoms with Crippen molar-refractivity contribution in [3.8, 4) is 0 Å². The standard InChI is InChI=1S/C18H28N4.C4H4O4/c1-13-12-16-17(20-14(2)21-18(16)19)15(13)8-4-3-5-9-22-10-6-7-11-22;5-3(6)1-2-4(7)8/h3-12H2,1-2H3,(H2,19,20,21);1-2H,(H,5,6)(H,7,8)/b;2-1-. The number of allylic oxidation sites excluding steroid dienone is 2. The number of aromatic nitrogens is 2. The van der Waals surface area contributed by atoms with Crippen molar-refractivity contribution in [1.82, 2.24) is 14.9 Å². The Bertz CT molecular complexity index is 811. The zero-order chi connectivity index (χ0) is 22.1. The van der Waals surface area contributed by atoms with Crippen LogP contribution in [0.2, 0.25) is 0 Å². The lowest BCUT2D eigenvalue weighted by Gasteiger charge is -2.14. The summed E-state index contributed by atoms with van der Waals surface area (Å²) in [5.74, 6) is -1.05. The van der Waals surface area contributed by atoms with Crippen LogP contribution in [0.15, 0.2) is 17.7 Å². The van der Waals surface area contributed by atoms with Gasteiger partial charge >= 0.3 is 11.9 Å². The highest BCUT2D eigenvalue weighted by molar-refractivity contribution is 5.89. The number of nitrogens with zero attached hydrogens (tertiary/aromatic N) is 3. The van der Waals surface area contributed by atoms with E-state index in [4.69, 9.17) is 15.9 Å². The van der Waals surface area contributed by atoms with Gasteiger partial charge in [0, 0.05) is 17.7 Å². The van der Waals surface area contributed by atoms with Gasteiger partial charge in [-0.3, -0.25) is 0 Å². The molecule has 3 rings (SSSR count). The van der Waals surface area contributed by atoms with Crippen LogP contribution in [0, 0.1) is 6.92 Å². The van der Waals surface area contributed by atoms with Crippen molar-refractivity contribution in [1.29, 1.82) is 0 Å². The number of likely N-dealkylation sites (tertiary alicyclic amines) is 1. The van der Waals surface area contributed by atoms with Crippen LogP contribution in [0.25, 0.3) is 5.57 Å². The molecule has 8 heteroatoms. The van der Waals surface area contributed by atoms with Crippen LogP contribution in [-0.2, 0) is 16.0 Å². The van der Waals surface area contributed by atoms with Crippen molar-refractivity contribution in [2.45, 2.75) is 58.8 Å². The molecule has 164 valence electrons. The summed E-state index contributed by atoms with van der Waals surface area (Å²) in [6, 6.07) is 0. The molecule has 0 aromatic carbocycles. The monoisotopic (exact) mass is 416 g/mol. The van der Waals surface area contributed by atoms with E-state index in [0.29, 0.717) is 18.0 Å². The number of fused-ring (bicyclic) bond motifs is 1. The lowest BCUT2D eigenvalue weighted by Crippen LogP contribution is -2.20. The van der Waals surface area contributed by atoms with Gasteiger partial charge in [0.25, 0.3) is 0 Å². The molecule has 0 atom stereocenters. The highest BCUT2D eigenvalue weighted by Gasteiger charge is 2.23. The van der Waals surface area contributed by atoms with E-state index in [9.17, 15) is 9.59 Å². The molecule has 1 saturated heterocycles. The molecule has 0 unspecified atom stereocenters. The summed E-state index contributed by atoms with van der Waals surface area (Å²) >= 11 is 0. The summed E-state index contributed by atoms with van der Waals surface area (Å²) in [6.07, 6.45) is 9.85. The fraction of sp³-hybridized carbons (Fsp3) is 0.545. The summed E-state index contributed by atoms with van der Waals surface area (Å²) in [5, 5.41) is 15.6. The number of nitrogens with two attached hydrogens (primary N) is 1. The molecule has 0 saturated carbocycles. The summed E-state index contributed by atoms with van der Waals surface area (Å²) in [4.78, 5) is 30.7. The number of nitrogen functional groups attached to an aromatic ring is 1. The molecule has 1 aromatic rings. The molecule has 2 aliphatic rings. The predicted molar refractivity (Wildman–Crippen MR) is 116 cm³/mol. The molecule has 0 spiro atoms. The Morgan fingerprint density at radius 3 is 2.27 bits per heavy atom. The van der Waals surface area contributed by atoms with E-state index < -0.39 is 11.9 Å². The van der Waals surface area contributed by atoms with Gasteiger partial charge in [-0.2, -0.15) is 0 Å². The van der Waals surface area contributed by atoms with Crippen LogP contribution < -0.4 is 5.73 Å². The van der Waals surface area contributed by atoms with Crippen LogP contribution in [0.3, 0.4) is 0 Å². The molecule has 4 N–H and O–H groups in total. The summed E-state index contributed by atoms with van der Waals surface area (Å²) < 4.78 is 0. The number of unbranched alkanes of at least 4 members (excludes halogenated alkanes) is 2. The molecule has 1 aromatic heterocycles. The van der Waals surface area contributed by atoms with E-state index in [1.165, 1.54) is 62.9 Å². The zero-order valence-corrected chi connectivity index (χ0v) is 17.9. The Morgan fingerprint density at radius 1 is 1.03 bits per heavy atom. The van der Waals surface area contributed by atoms with Gasteiger partial charge in [0.15, 0.2) is 0 Å². The second-order valence-corrected chi connectivity index (χ2v) is 7.79. The average molecular weight is 417 g/mol. The maximum atomic E-state index is 9.55. The van der Waals surface area contributed by atoms with Crippen LogP contribution in [-0.4, -0.2) is 56.7 Å². The Balaban J connectivity index is 0.000000343. The first kappa shape index (κ1) is 23.5. The molecular weight excluding hydrogens is 384 g/mol. The quantitative estimate of drug-likeness (QED) is 0.435. The highest BCUT2D eigenvalue weighted by Crippen LogP contribution is 2.36. The molecule has 2 heterocycles. The SMILES string of the molecule is CC1=C(CCCCCN2CCCC2)c2nc(C)nc(N)c2C1.O=C(O)/C=C\C(=O)O. The van der Waals surface area contributed by atoms with Crippen molar-refractivity contribution >= 4 is 23.3 Å². The topological polar surface area (TPSA) is 130 Å². The van der Waals surface area contributed by atoms with Gasteiger partial charge in [-0.05, 0) is 77.6 Å². The largest absolute Gasteiger partial charge is 0.478 e. The van der Waals surface area contributed by atoms with Gasteiger partial charge in [-0.25, -0.2) is 19.6 Å². The predicted octanol–water partition coefficient (Wildman–Crippen LogP) is 3.06. The Labute approximate surface area is 177 Å². The Kier molecular flexibility index (Phi) is 8.98. The minimum Gasteiger partial charge on any atom is -0.478 e. The van der Waals surface area contributed by atoms with E-state index in [1.807, 2.05) is 6.92 Å². The van der Waals surface area contributed by atoms with Crippen molar-refractivity contribution in [3.05, 3.63) is 34.8 Å². The third-order valence-corrected chi connectivity index (χ3v) is 5.36. The minimum absolute atomic E-state index is 0.558. The number of hydrogen-bond donors (Lipinski definition) is 3. The third-order valence-electron chi connectivity index (χ3n) is 5.36. The second kappa shape index (κ2) is 11.4. The first-order valence-corrected chi connectivity index (χ1v) is 10.5. The first-order chi connectivity index (χ1) is 14.3. The number of carboxylic acids is 2. The summed E-state index contributed by atoms with van der Waals surface area (Å²) in [5.41, 5.74) is 11.2. The average Bonchev–Trinajstić information content (AvgIpc) is 3.29. The van der Waals surface area contributed by atoms with Crippen molar-refractivity contribution in [2.24, 2.45) is 0 Å². The molecule has 1 fully saturated rings. The zero-order valence-electron chi connectivity index (χ0n) is 17.9. The van der Waals surface area contributed by atoms with Crippen LogP contribution >= 0.6 is 0 Å². The summed E-state index contributed by atoms with van der Waals surface area (Å²) in [6.45, 7) is 8.05. The van der Waals surface area contributed by atoms with E-state index in [-0.39, 0.29) is 0 Å². The fourth-order valence-corrected chi connectivity index (χ4v) is 3.91. The second-order valence-electron chi connectivity index (χ2n) is 7.79. The number of aryl methyl sites for hydroxylation is 1. The molecule has 0 amide bonds. The Hall–Kier alpha value is -2.74. The summed E-state index contributed by atoms with van der Waals surface area (Å²) in [7, 11) is 0. The molecule has 0 radical (unpaired) electrons. The number of hydrogen-bond acceptors (Lipinski definition) is 6. The highest BCUT2D eigenvalue weighted by atomic mass is 16.4. The molecule has 8 nitrogen and oxygen atoms in total. The molecule has 1 aliphatic heterocycles. The van der Waals surface area contributed by atoms with Crippen LogP contribution in [0.4, 0.5) is 5.82 Å². The number of aliphatic carboxylic acids is 2. The van der Waals surface area contributed by atoms with E-state index in [0.717, 1.165) is 29.9 Å². The van der Waals surface area contributed by atoms with Gasteiger partial charge in [0.1, 0.15) is 11.6 Å². The van der Waals surface area contributed by atoms with Gasteiger partial charge in [-0.1, -0.05) is 12.0 Å². The maximum absolute atomic E-state index is 9.55. The fourth-order valence-electron chi connectivity index (χ4n) is 3.91.